The van der Waals surface area contributed by atoms with Crippen LogP contribution >= 0.6 is 11.3 Å². The molecule has 3 aromatic rings. The van der Waals surface area contributed by atoms with E-state index >= 15 is 0 Å². The molecule has 0 atom stereocenters. The van der Waals surface area contributed by atoms with E-state index in [0.29, 0.717) is 17.9 Å². The van der Waals surface area contributed by atoms with Crippen LogP contribution in [-0.4, -0.2) is 23.3 Å². The van der Waals surface area contributed by atoms with Gasteiger partial charge < -0.3 is 20.0 Å². The first-order valence-corrected chi connectivity index (χ1v) is 7.74. The highest BCUT2D eigenvalue weighted by Gasteiger charge is 2.09. The molecular weight excluding hydrogens is 300 g/mol. The minimum absolute atomic E-state index is 0.0319. The van der Waals surface area contributed by atoms with Gasteiger partial charge in [-0.1, -0.05) is 6.07 Å². The summed E-state index contributed by atoms with van der Waals surface area (Å²) in [5.74, 6) is 1.36. The zero-order chi connectivity index (χ0) is 15.4. The number of hydrogen-bond donors (Lipinski definition) is 2. The number of thiazole rings is 1. The number of nitrogen functional groups attached to an aromatic ring is 1. The molecule has 6 heteroatoms. The fourth-order valence-electron chi connectivity index (χ4n) is 2.10. The monoisotopic (exact) mass is 316 g/mol. The number of ether oxygens (including phenoxy) is 1. The number of furan rings is 1. The van der Waals surface area contributed by atoms with Crippen molar-refractivity contribution < 1.29 is 14.3 Å². The number of aliphatic hydroxyl groups excluding tert-OH is 1. The summed E-state index contributed by atoms with van der Waals surface area (Å²) >= 11 is 1.59. The van der Waals surface area contributed by atoms with Crippen LogP contribution in [0, 0.1) is 0 Å². The second-order valence-corrected chi connectivity index (χ2v) is 5.67. The number of benzene rings is 1. The Balaban J connectivity index is 1.72. The summed E-state index contributed by atoms with van der Waals surface area (Å²) in [6, 6.07) is 9.39. The van der Waals surface area contributed by atoms with Crippen LogP contribution in [0.3, 0.4) is 0 Å². The van der Waals surface area contributed by atoms with Crippen molar-refractivity contribution in [3.8, 4) is 17.2 Å². The smallest absolute Gasteiger partial charge is 0.153 e. The van der Waals surface area contributed by atoms with Crippen LogP contribution in [0.5, 0.6) is 5.75 Å². The third-order valence-electron chi connectivity index (χ3n) is 3.10. The lowest BCUT2D eigenvalue weighted by Crippen LogP contribution is -2.04. The molecule has 2 aromatic heterocycles. The first kappa shape index (κ1) is 14.6. The molecule has 3 N–H and O–H groups in total. The van der Waals surface area contributed by atoms with E-state index in [-0.39, 0.29) is 13.2 Å². The van der Waals surface area contributed by atoms with Gasteiger partial charge in [0.25, 0.3) is 0 Å². The molecule has 22 heavy (non-hydrogen) atoms. The van der Waals surface area contributed by atoms with E-state index in [1.807, 2.05) is 35.7 Å². The van der Waals surface area contributed by atoms with Crippen molar-refractivity contribution in [2.45, 2.75) is 6.42 Å². The Bertz CT molecular complexity index is 738. The summed E-state index contributed by atoms with van der Waals surface area (Å²) < 4.78 is 10.7. The van der Waals surface area contributed by atoms with Crippen molar-refractivity contribution in [1.29, 1.82) is 0 Å². The number of aliphatic hydroxyl groups is 1. The number of anilines is 1. The Kier molecular flexibility index (Phi) is 4.41. The molecular formula is C16H16N2O3S. The van der Waals surface area contributed by atoms with Crippen molar-refractivity contribution in [1.82, 2.24) is 4.98 Å². The van der Waals surface area contributed by atoms with E-state index in [1.54, 1.807) is 17.6 Å². The largest absolute Gasteiger partial charge is 0.489 e. The molecule has 0 aliphatic carbocycles. The number of hydrogen-bond acceptors (Lipinski definition) is 6. The molecule has 1 aromatic carbocycles. The van der Waals surface area contributed by atoms with Gasteiger partial charge in [-0.05, 0) is 29.8 Å². The van der Waals surface area contributed by atoms with Crippen molar-refractivity contribution >= 4 is 17.0 Å². The number of rotatable bonds is 6. The molecule has 0 spiro atoms. The summed E-state index contributed by atoms with van der Waals surface area (Å²) in [4.78, 5) is 4.57. The lowest BCUT2D eigenvalue weighted by atomic mass is 10.1. The minimum Gasteiger partial charge on any atom is -0.489 e. The molecule has 114 valence electrons. The molecule has 0 fully saturated rings. The van der Waals surface area contributed by atoms with Gasteiger partial charge in [0.15, 0.2) is 5.76 Å². The van der Waals surface area contributed by atoms with Crippen LogP contribution < -0.4 is 10.5 Å². The number of nitrogens with two attached hydrogens (primary N) is 1. The quantitative estimate of drug-likeness (QED) is 0.683. The van der Waals surface area contributed by atoms with Crippen molar-refractivity contribution in [2.75, 3.05) is 18.9 Å². The van der Waals surface area contributed by atoms with Gasteiger partial charge in [0.2, 0.25) is 0 Å². The van der Waals surface area contributed by atoms with E-state index in [4.69, 9.17) is 20.0 Å². The summed E-state index contributed by atoms with van der Waals surface area (Å²) in [7, 11) is 0. The van der Waals surface area contributed by atoms with Crippen LogP contribution in [0.15, 0.2) is 46.4 Å². The van der Waals surface area contributed by atoms with Crippen LogP contribution in [0.4, 0.5) is 5.69 Å². The Hall–Kier alpha value is -2.31. The fourth-order valence-corrected chi connectivity index (χ4v) is 2.92. The molecule has 3 rings (SSSR count). The molecule has 0 saturated carbocycles. The highest BCUT2D eigenvalue weighted by atomic mass is 32.1. The van der Waals surface area contributed by atoms with Gasteiger partial charge >= 0.3 is 0 Å². The highest BCUT2D eigenvalue weighted by molar-refractivity contribution is 7.10. The van der Waals surface area contributed by atoms with Crippen LogP contribution in [0.2, 0.25) is 0 Å². The zero-order valence-electron chi connectivity index (χ0n) is 11.9. The number of aromatic nitrogens is 1. The van der Waals surface area contributed by atoms with Gasteiger partial charge in [0.05, 0.1) is 23.6 Å². The average molecular weight is 316 g/mol. The Morgan fingerprint density at radius 3 is 2.95 bits per heavy atom. The van der Waals surface area contributed by atoms with Gasteiger partial charge in [-0.25, -0.2) is 4.98 Å². The molecule has 0 bridgehead atoms. The van der Waals surface area contributed by atoms with Gasteiger partial charge in [0.1, 0.15) is 18.1 Å². The molecule has 0 unspecified atom stereocenters. The Morgan fingerprint density at radius 2 is 2.23 bits per heavy atom. The van der Waals surface area contributed by atoms with E-state index in [0.717, 1.165) is 22.0 Å². The third kappa shape index (κ3) is 3.29. The second-order valence-electron chi connectivity index (χ2n) is 4.72. The summed E-state index contributed by atoms with van der Waals surface area (Å²) in [6.45, 7) is 0.207. The zero-order valence-corrected chi connectivity index (χ0v) is 12.7. The molecule has 5 nitrogen and oxygen atoms in total. The molecule has 0 aliphatic heterocycles. The lowest BCUT2D eigenvalue weighted by molar-refractivity contribution is 0.202. The molecule has 0 amide bonds. The van der Waals surface area contributed by atoms with Gasteiger partial charge in [0, 0.05) is 11.8 Å². The maximum Gasteiger partial charge on any atom is 0.153 e. The van der Waals surface area contributed by atoms with Gasteiger partial charge in [-0.3, -0.25) is 0 Å². The summed E-state index contributed by atoms with van der Waals surface area (Å²) in [6.07, 6.45) is 2.34. The maximum absolute atomic E-state index is 8.77. The SMILES string of the molecule is Nc1cc(Cc2nc(-c3ccco3)cs2)ccc1OCCO. The van der Waals surface area contributed by atoms with Gasteiger partial charge in [-0.15, -0.1) is 11.3 Å². The third-order valence-corrected chi connectivity index (χ3v) is 3.95. The van der Waals surface area contributed by atoms with Gasteiger partial charge in [-0.2, -0.15) is 0 Å². The van der Waals surface area contributed by atoms with Crippen LogP contribution in [0.25, 0.3) is 11.5 Å². The summed E-state index contributed by atoms with van der Waals surface area (Å²) in [5.41, 5.74) is 8.44. The van der Waals surface area contributed by atoms with Crippen LogP contribution in [-0.2, 0) is 6.42 Å². The van der Waals surface area contributed by atoms with E-state index in [2.05, 4.69) is 4.98 Å². The highest BCUT2D eigenvalue weighted by Crippen LogP contribution is 2.26. The normalized spacial score (nSPS) is 10.8. The van der Waals surface area contributed by atoms with E-state index in [1.165, 1.54) is 0 Å². The molecule has 0 radical (unpaired) electrons. The van der Waals surface area contributed by atoms with E-state index < -0.39 is 0 Å². The Labute approximate surface area is 132 Å². The van der Waals surface area contributed by atoms with Crippen LogP contribution in [0.1, 0.15) is 10.6 Å². The Morgan fingerprint density at radius 1 is 1.32 bits per heavy atom. The second kappa shape index (κ2) is 6.64. The predicted molar refractivity (Wildman–Crippen MR) is 86.1 cm³/mol. The lowest BCUT2D eigenvalue weighted by Gasteiger charge is -2.08. The topological polar surface area (TPSA) is 81.5 Å². The van der Waals surface area contributed by atoms with Crippen molar-refractivity contribution in [2.24, 2.45) is 0 Å². The van der Waals surface area contributed by atoms with Crippen molar-refractivity contribution in [3.05, 3.63) is 52.5 Å². The van der Waals surface area contributed by atoms with E-state index in [9.17, 15) is 0 Å². The molecule has 0 aliphatic rings. The molecule has 2 heterocycles. The first-order chi connectivity index (χ1) is 10.8. The molecule has 0 saturated heterocycles. The average Bonchev–Trinajstić information content (AvgIpc) is 3.17. The number of nitrogens with zero attached hydrogens (tertiary/aromatic N) is 1. The predicted octanol–water partition coefficient (Wildman–Crippen LogP) is 2.95. The maximum atomic E-state index is 8.77. The standard InChI is InChI=1S/C16H16N2O3S/c17-12-8-11(3-4-14(12)21-7-5-19)9-16-18-13(10-22-16)15-2-1-6-20-15/h1-4,6,8,10,19H,5,7,9,17H2. The first-order valence-electron chi connectivity index (χ1n) is 6.86. The fraction of sp³-hybridized carbons (Fsp3) is 0.188. The van der Waals surface area contributed by atoms with Crippen molar-refractivity contribution in [3.63, 3.8) is 0 Å². The summed E-state index contributed by atoms with van der Waals surface area (Å²) in [5, 5.41) is 11.7. The minimum atomic E-state index is -0.0319.